The van der Waals surface area contributed by atoms with Crippen molar-refractivity contribution in [2.75, 3.05) is 24.5 Å². The van der Waals surface area contributed by atoms with E-state index in [2.05, 4.69) is 14.9 Å². The Hall–Kier alpha value is -2.63. The minimum Gasteiger partial charge on any atom is -0.439 e. The van der Waals surface area contributed by atoms with Crippen molar-refractivity contribution < 1.29 is 9.53 Å². The van der Waals surface area contributed by atoms with Crippen molar-refractivity contribution >= 4 is 11.9 Å². The lowest BCUT2D eigenvalue weighted by atomic mass is 10.2. The molecule has 0 aliphatic carbocycles. The topological polar surface area (TPSA) is 58.6 Å². The number of piperazine rings is 1. The van der Waals surface area contributed by atoms with Gasteiger partial charge in [-0.1, -0.05) is 18.2 Å². The summed E-state index contributed by atoms with van der Waals surface area (Å²) >= 11 is 0. The molecule has 0 spiro atoms. The van der Waals surface area contributed by atoms with Gasteiger partial charge in [0, 0.05) is 44.4 Å². The first-order valence-corrected chi connectivity index (χ1v) is 7.90. The van der Waals surface area contributed by atoms with E-state index in [1.54, 1.807) is 12.3 Å². The molecule has 1 unspecified atom stereocenters. The molecule has 3 heterocycles. The van der Waals surface area contributed by atoms with Crippen LogP contribution in [0.4, 0.5) is 5.95 Å². The van der Waals surface area contributed by atoms with Crippen molar-refractivity contribution in [3.8, 4) is 11.6 Å². The van der Waals surface area contributed by atoms with Gasteiger partial charge >= 0.3 is 0 Å². The molecule has 0 radical (unpaired) electrons. The van der Waals surface area contributed by atoms with Gasteiger partial charge in [-0.05, 0) is 18.6 Å². The number of aromatic nitrogens is 2. The number of ether oxygens (including phenoxy) is 1. The molecule has 0 saturated carbocycles. The minimum absolute atomic E-state index is 0.275. The maximum Gasteiger partial charge on any atom is 0.228 e. The van der Waals surface area contributed by atoms with E-state index >= 15 is 0 Å². The van der Waals surface area contributed by atoms with Crippen LogP contribution in [0.2, 0.25) is 0 Å². The summed E-state index contributed by atoms with van der Waals surface area (Å²) in [5.41, 5.74) is 0. The van der Waals surface area contributed by atoms with Crippen LogP contribution in [0.5, 0.6) is 11.6 Å². The van der Waals surface area contributed by atoms with E-state index in [4.69, 9.17) is 4.74 Å². The Balaban J connectivity index is 1.49. The lowest BCUT2D eigenvalue weighted by molar-refractivity contribution is -0.129. The number of rotatable bonds is 3. The second-order valence-corrected chi connectivity index (χ2v) is 5.84. The summed E-state index contributed by atoms with van der Waals surface area (Å²) in [6.45, 7) is 2.30. The molecule has 1 aromatic heterocycles. The number of hydrogen-bond acceptors (Lipinski definition) is 5. The maximum absolute atomic E-state index is 11.8. The van der Waals surface area contributed by atoms with E-state index in [9.17, 15) is 4.79 Å². The first-order chi connectivity index (χ1) is 11.3. The van der Waals surface area contributed by atoms with Crippen LogP contribution in [0, 0.1) is 0 Å². The Labute approximate surface area is 134 Å². The molecule has 2 saturated heterocycles. The van der Waals surface area contributed by atoms with Crippen LogP contribution in [-0.4, -0.2) is 46.5 Å². The van der Waals surface area contributed by atoms with Crippen LogP contribution in [0.25, 0.3) is 0 Å². The van der Waals surface area contributed by atoms with Crippen LogP contribution in [0.15, 0.2) is 42.6 Å². The monoisotopic (exact) mass is 310 g/mol. The van der Waals surface area contributed by atoms with Gasteiger partial charge in [0.15, 0.2) is 0 Å². The lowest BCUT2D eigenvalue weighted by Gasteiger charge is -2.37. The predicted molar refractivity (Wildman–Crippen MR) is 85.5 cm³/mol. The number of carbonyl (C=O) groups is 1. The summed E-state index contributed by atoms with van der Waals surface area (Å²) in [6.07, 6.45) is 3.30. The van der Waals surface area contributed by atoms with E-state index < -0.39 is 0 Å². The molecular weight excluding hydrogens is 292 g/mol. The largest absolute Gasteiger partial charge is 0.439 e. The molecule has 1 aromatic carbocycles. The van der Waals surface area contributed by atoms with E-state index in [1.807, 2.05) is 35.2 Å². The molecule has 23 heavy (non-hydrogen) atoms. The zero-order valence-corrected chi connectivity index (χ0v) is 12.8. The van der Waals surface area contributed by atoms with Gasteiger partial charge in [-0.25, -0.2) is 4.98 Å². The van der Waals surface area contributed by atoms with Crippen LogP contribution < -0.4 is 9.64 Å². The van der Waals surface area contributed by atoms with Gasteiger partial charge in [0.05, 0.1) is 0 Å². The number of para-hydroxylation sites is 1. The quantitative estimate of drug-likeness (QED) is 0.869. The standard InChI is InChI=1S/C17H18N4O2/c22-16-7-6-13-12-20(10-11-21(13)16)17-18-9-8-15(19-17)23-14-4-2-1-3-5-14/h1-5,8-9,13H,6-7,10-12H2. The van der Waals surface area contributed by atoms with Crippen LogP contribution in [-0.2, 0) is 4.79 Å². The van der Waals surface area contributed by atoms with Gasteiger partial charge in [-0.3, -0.25) is 4.79 Å². The van der Waals surface area contributed by atoms with Crippen molar-refractivity contribution in [1.82, 2.24) is 14.9 Å². The number of carbonyl (C=O) groups excluding carboxylic acids is 1. The maximum atomic E-state index is 11.8. The SMILES string of the molecule is O=C1CCC2CN(c3nccc(Oc4ccccc4)n3)CCN12. The van der Waals surface area contributed by atoms with Gasteiger partial charge < -0.3 is 14.5 Å². The molecule has 118 valence electrons. The molecule has 0 bridgehead atoms. The summed E-state index contributed by atoms with van der Waals surface area (Å²) in [5, 5.41) is 0. The third kappa shape index (κ3) is 2.84. The molecule has 2 fully saturated rings. The van der Waals surface area contributed by atoms with Gasteiger partial charge in [-0.2, -0.15) is 4.98 Å². The molecular formula is C17H18N4O2. The first-order valence-electron chi connectivity index (χ1n) is 7.90. The average Bonchev–Trinajstić information content (AvgIpc) is 2.97. The second-order valence-electron chi connectivity index (χ2n) is 5.84. The zero-order chi connectivity index (χ0) is 15.6. The number of hydrogen-bond donors (Lipinski definition) is 0. The summed E-state index contributed by atoms with van der Waals surface area (Å²) in [5.74, 6) is 2.23. The fourth-order valence-corrected chi connectivity index (χ4v) is 3.20. The van der Waals surface area contributed by atoms with Crippen molar-refractivity contribution in [3.63, 3.8) is 0 Å². The zero-order valence-electron chi connectivity index (χ0n) is 12.8. The Morgan fingerprint density at radius 1 is 1.13 bits per heavy atom. The molecule has 1 atom stereocenters. The lowest BCUT2D eigenvalue weighted by Crippen LogP contribution is -2.52. The summed E-state index contributed by atoms with van der Waals surface area (Å²) < 4.78 is 5.77. The molecule has 2 aromatic rings. The van der Waals surface area contributed by atoms with E-state index in [0.29, 0.717) is 24.3 Å². The number of nitrogens with zero attached hydrogens (tertiary/aromatic N) is 4. The Morgan fingerprint density at radius 3 is 2.87 bits per heavy atom. The molecule has 2 aliphatic rings. The van der Waals surface area contributed by atoms with Crippen molar-refractivity contribution in [1.29, 1.82) is 0 Å². The fourth-order valence-electron chi connectivity index (χ4n) is 3.20. The fraction of sp³-hybridized carbons (Fsp3) is 0.353. The van der Waals surface area contributed by atoms with Crippen molar-refractivity contribution in [3.05, 3.63) is 42.6 Å². The van der Waals surface area contributed by atoms with E-state index in [-0.39, 0.29) is 5.91 Å². The van der Waals surface area contributed by atoms with E-state index in [0.717, 1.165) is 31.8 Å². The Bertz CT molecular complexity index is 707. The summed E-state index contributed by atoms with van der Waals surface area (Å²) in [7, 11) is 0. The van der Waals surface area contributed by atoms with Gasteiger partial charge in [-0.15, -0.1) is 0 Å². The smallest absolute Gasteiger partial charge is 0.228 e. The van der Waals surface area contributed by atoms with Crippen LogP contribution in [0.1, 0.15) is 12.8 Å². The third-order valence-electron chi connectivity index (χ3n) is 4.36. The van der Waals surface area contributed by atoms with Gasteiger partial charge in [0.2, 0.25) is 17.7 Å². The third-order valence-corrected chi connectivity index (χ3v) is 4.36. The minimum atomic E-state index is 0.275. The van der Waals surface area contributed by atoms with Gasteiger partial charge in [0.1, 0.15) is 5.75 Å². The highest BCUT2D eigenvalue weighted by molar-refractivity contribution is 5.79. The van der Waals surface area contributed by atoms with Crippen molar-refractivity contribution in [2.24, 2.45) is 0 Å². The highest BCUT2D eigenvalue weighted by atomic mass is 16.5. The average molecular weight is 310 g/mol. The highest BCUT2D eigenvalue weighted by Crippen LogP contribution is 2.26. The highest BCUT2D eigenvalue weighted by Gasteiger charge is 2.36. The molecule has 1 amide bonds. The number of anilines is 1. The van der Waals surface area contributed by atoms with Crippen LogP contribution in [0.3, 0.4) is 0 Å². The van der Waals surface area contributed by atoms with Gasteiger partial charge in [0.25, 0.3) is 0 Å². The summed E-state index contributed by atoms with van der Waals surface area (Å²) in [4.78, 5) is 24.8. The molecule has 6 nitrogen and oxygen atoms in total. The first kappa shape index (κ1) is 14.0. The normalized spacial score (nSPS) is 20.5. The molecule has 0 N–H and O–H groups in total. The van der Waals surface area contributed by atoms with Crippen LogP contribution >= 0.6 is 0 Å². The second kappa shape index (κ2) is 5.87. The number of fused-ring (bicyclic) bond motifs is 1. The predicted octanol–water partition coefficient (Wildman–Crippen LogP) is 2.08. The Morgan fingerprint density at radius 2 is 2.00 bits per heavy atom. The summed E-state index contributed by atoms with van der Waals surface area (Å²) in [6, 6.07) is 11.6. The number of benzene rings is 1. The molecule has 4 rings (SSSR count). The van der Waals surface area contributed by atoms with E-state index in [1.165, 1.54) is 0 Å². The Kier molecular flexibility index (Phi) is 3.57. The van der Waals surface area contributed by atoms with Crippen molar-refractivity contribution in [2.45, 2.75) is 18.9 Å². The molecule has 2 aliphatic heterocycles. The molecule has 6 heteroatoms. The number of amides is 1.